The molecule has 7 aromatic rings. The first kappa shape index (κ1) is 50.3. The number of hydrogen-bond donors (Lipinski definition) is 0. The molecule has 7 aromatic carbocycles. The van der Waals surface area contributed by atoms with E-state index in [0.717, 1.165) is 33.6 Å². The molecule has 6 unspecified atom stereocenters. The number of esters is 1. The van der Waals surface area contributed by atoms with Gasteiger partial charge in [0.2, 0.25) is 0 Å². The molecule has 0 amide bonds. The summed E-state index contributed by atoms with van der Waals surface area (Å²) < 4.78 is 41.2. The van der Waals surface area contributed by atoms with E-state index in [1.165, 1.54) is 51.5 Å². The molecule has 0 N–H and O–H groups in total. The maximum absolute atomic E-state index is 16.7. The van der Waals surface area contributed by atoms with Crippen LogP contribution in [-0.2, 0) is 14.5 Å². The second-order valence-electron chi connectivity index (χ2n) is 20.8. The summed E-state index contributed by atoms with van der Waals surface area (Å²) in [6.45, 7) is 20.1. The zero-order chi connectivity index (χ0) is 50.9. The van der Waals surface area contributed by atoms with Crippen LogP contribution < -0.4 is 24.0 Å². The Morgan fingerprint density at radius 2 is 1.07 bits per heavy atom. The molecule has 7 heteroatoms. The molecule has 72 heavy (non-hydrogen) atoms. The Hall–Kier alpha value is -6.62. The molecule has 370 valence electrons. The van der Waals surface area contributed by atoms with Crippen molar-refractivity contribution < 1.29 is 28.1 Å². The lowest BCUT2D eigenvalue weighted by molar-refractivity contribution is -0.130. The summed E-state index contributed by atoms with van der Waals surface area (Å²) in [6.07, 6.45) is 9.53. The molecule has 3 aliphatic carbocycles. The quantitative estimate of drug-likeness (QED) is 0.0472. The highest BCUT2D eigenvalue weighted by Crippen LogP contribution is 2.71. The molecule has 6 atom stereocenters. The SMILES string of the molecule is C1CC2C3CCC(C3)C2C1.C=C(C)C(=O)Oc1ccc(C(c2ccc(OC)cc2)(c2ccc(Oc3c(C)cc(C)cc3C)cc2)P2(=O)Oc3ccccc3-c3ccccc32)cc1.Cc1cc(C)c(C)c(C)c1. The Kier molecular flexibility index (Phi) is 14.6. The van der Waals surface area contributed by atoms with E-state index in [4.69, 9.17) is 18.7 Å². The molecule has 4 aliphatic rings. The maximum Gasteiger partial charge on any atom is 0.338 e. The number of hydrogen-bond acceptors (Lipinski definition) is 6. The Morgan fingerprint density at radius 3 is 1.60 bits per heavy atom. The molecule has 3 saturated carbocycles. The number of rotatable bonds is 9. The summed E-state index contributed by atoms with van der Waals surface area (Å²) in [6, 6.07) is 46.5. The lowest BCUT2D eigenvalue weighted by Gasteiger charge is -2.44. The highest BCUT2D eigenvalue weighted by molar-refractivity contribution is 7.69. The van der Waals surface area contributed by atoms with Gasteiger partial charge in [-0.05, 0) is 210 Å². The third kappa shape index (κ3) is 9.59. The van der Waals surface area contributed by atoms with Gasteiger partial charge >= 0.3 is 5.97 Å². The molecule has 0 spiro atoms. The number of ether oxygens (including phenoxy) is 3. The largest absolute Gasteiger partial charge is 0.497 e. The predicted molar refractivity (Wildman–Crippen MR) is 294 cm³/mol. The molecule has 1 aliphatic heterocycles. The molecule has 6 nitrogen and oxygen atoms in total. The fourth-order valence-corrected chi connectivity index (χ4v) is 15.7. The monoisotopic (exact) mass is 976 g/mol. The van der Waals surface area contributed by atoms with Crippen LogP contribution in [0.3, 0.4) is 0 Å². The average molecular weight is 977 g/mol. The van der Waals surface area contributed by atoms with Gasteiger partial charge in [-0.15, -0.1) is 0 Å². The van der Waals surface area contributed by atoms with Crippen LogP contribution in [0.1, 0.15) is 101 Å². The van der Waals surface area contributed by atoms with E-state index in [1.807, 2.05) is 123 Å². The number of para-hydroxylation sites is 1. The van der Waals surface area contributed by atoms with Gasteiger partial charge < -0.3 is 18.7 Å². The van der Waals surface area contributed by atoms with Crippen LogP contribution in [0.15, 0.2) is 158 Å². The number of carbonyl (C=O) groups excluding carboxylic acids is 1. The van der Waals surface area contributed by atoms with Crippen LogP contribution in [0.5, 0.6) is 28.7 Å². The van der Waals surface area contributed by atoms with Gasteiger partial charge in [0.05, 0.1) is 12.4 Å². The third-order valence-corrected chi connectivity index (χ3v) is 19.1. The number of benzene rings is 7. The van der Waals surface area contributed by atoms with Crippen molar-refractivity contribution >= 4 is 18.6 Å². The Morgan fingerprint density at radius 1 is 0.597 bits per heavy atom. The maximum atomic E-state index is 16.7. The lowest BCUT2D eigenvalue weighted by Crippen LogP contribution is -2.38. The smallest absolute Gasteiger partial charge is 0.338 e. The molecular formula is C65H69O6P. The van der Waals surface area contributed by atoms with Crippen molar-refractivity contribution in [3.8, 4) is 39.9 Å². The highest BCUT2D eigenvalue weighted by atomic mass is 31.2. The van der Waals surface area contributed by atoms with E-state index in [-0.39, 0.29) is 5.57 Å². The molecule has 1 heterocycles. The topological polar surface area (TPSA) is 71.1 Å². The minimum Gasteiger partial charge on any atom is -0.497 e. The van der Waals surface area contributed by atoms with Crippen LogP contribution in [0.2, 0.25) is 0 Å². The summed E-state index contributed by atoms with van der Waals surface area (Å²) in [7, 11) is -2.42. The van der Waals surface area contributed by atoms with Crippen molar-refractivity contribution in [3.05, 3.63) is 213 Å². The van der Waals surface area contributed by atoms with E-state index in [9.17, 15) is 4.79 Å². The summed E-state index contributed by atoms with van der Waals surface area (Å²) in [5, 5.41) is -0.817. The van der Waals surface area contributed by atoms with Gasteiger partial charge in [0, 0.05) is 11.1 Å². The standard InChI is InChI=1S/C45H39O6P.C10H16.C10H14/c1-29(2)44(46)50-38-25-19-35(20-26-38)45(33-15-21-36(48-6)22-16-33,34-17-23-37(24-18-34)49-43-31(4)27-30(3)28-32(43)5)52(47)42-14-10-8-12-40(42)39-11-7-9-13-41(39)51-52;1-2-9-7-4-5-8(6-7)10(9)3-1;1-7-5-8(2)10(4)9(3)6-7/h7-28H,1H2,2-6H3;7-10H,1-6H2;5-6H,1-4H3. The second-order valence-corrected chi connectivity index (χ2v) is 23.2. The molecule has 3 fully saturated rings. The second kappa shape index (κ2) is 20.8. The van der Waals surface area contributed by atoms with Crippen LogP contribution >= 0.6 is 7.37 Å². The third-order valence-electron chi connectivity index (χ3n) is 15.9. The minimum atomic E-state index is -4.03. The zero-order valence-corrected chi connectivity index (χ0v) is 44.4. The molecule has 11 rings (SSSR count). The van der Waals surface area contributed by atoms with Crippen LogP contribution in [0.4, 0.5) is 0 Å². The van der Waals surface area contributed by atoms with Gasteiger partial charge in [0.25, 0.3) is 7.37 Å². The zero-order valence-electron chi connectivity index (χ0n) is 43.5. The molecule has 0 radical (unpaired) electrons. The van der Waals surface area contributed by atoms with Crippen molar-refractivity contribution in [1.82, 2.24) is 0 Å². The van der Waals surface area contributed by atoms with Crippen LogP contribution in [0, 0.1) is 72.1 Å². The lowest BCUT2D eigenvalue weighted by atomic mass is 9.82. The van der Waals surface area contributed by atoms with Crippen molar-refractivity contribution in [1.29, 1.82) is 0 Å². The van der Waals surface area contributed by atoms with E-state index >= 15 is 4.57 Å². The van der Waals surface area contributed by atoms with Crippen LogP contribution in [-0.4, -0.2) is 13.1 Å². The number of methoxy groups -OCH3 is 1. The van der Waals surface area contributed by atoms with Gasteiger partial charge in [-0.25, -0.2) is 4.79 Å². The first-order valence-corrected chi connectivity index (χ1v) is 27.3. The first-order valence-electron chi connectivity index (χ1n) is 25.6. The average Bonchev–Trinajstić information content (AvgIpc) is 4.14. The Balaban J connectivity index is 0.000000260. The van der Waals surface area contributed by atoms with Gasteiger partial charge in [-0.3, -0.25) is 4.57 Å². The summed E-state index contributed by atoms with van der Waals surface area (Å²) in [5.41, 5.74) is 12.9. The van der Waals surface area contributed by atoms with E-state index in [0.29, 0.717) is 39.4 Å². The highest BCUT2D eigenvalue weighted by Gasteiger charge is 2.58. The first-order chi connectivity index (χ1) is 34.6. The Bertz CT molecular complexity index is 3110. The van der Waals surface area contributed by atoms with Gasteiger partial charge in [0.1, 0.15) is 33.9 Å². The molecule has 0 saturated heterocycles. The van der Waals surface area contributed by atoms with Crippen molar-refractivity contribution in [2.45, 2.75) is 99.1 Å². The molecular weight excluding hydrogens is 908 g/mol. The minimum absolute atomic E-state index is 0.283. The van der Waals surface area contributed by atoms with Gasteiger partial charge in [0.15, 0.2) is 0 Å². The number of carbonyl (C=O) groups is 1. The Labute approximate surface area is 427 Å². The summed E-state index contributed by atoms with van der Waals surface area (Å²) in [4.78, 5) is 12.5. The fourth-order valence-electron chi connectivity index (χ4n) is 12.4. The predicted octanol–water partition coefficient (Wildman–Crippen LogP) is 16.6. The van der Waals surface area contributed by atoms with E-state index in [2.05, 4.69) is 65.5 Å². The van der Waals surface area contributed by atoms with Gasteiger partial charge in [-0.2, -0.15) is 0 Å². The number of aryl methyl sites for hydroxylation is 6. The normalized spacial score (nSPS) is 20.7. The number of fused-ring (bicyclic) bond motifs is 8. The van der Waals surface area contributed by atoms with E-state index in [1.54, 1.807) is 64.7 Å². The summed E-state index contributed by atoms with van der Waals surface area (Å²) >= 11 is 0. The van der Waals surface area contributed by atoms with Gasteiger partial charge in [-0.1, -0.05) is 121 Å². The fraction of sp³-hybridized carbons (Fsp3) is 0.308. The van der Waals surface area contributed by atoms with Crippen molar-refractivity contribution in [3.63, 3.8) is 0 Å². The van der Waals surface area contributed by atoms with Crippen LogP contribution in [0.25, 0.3) is 11.1 Å². The molecule has 0 aromatic heterocycles. The van der Waals surface area contributed by atoms with Crippen molar-refractivity contribution in [2.75, 3.05) is 7.11 Å². The summed E-state index contributed by atoms with van der Waals surface area (Å²) in [5.74, 6) is 7.22. The molecule has 2 bridgehead atoms. The van der Waals surface area contributed by atoms with E-state index < -0.39 is 18.5 Å². The van der Waals surface area contributed by atoms with Crippen molar-refractivity contribution in [2.24, 2.45) is 23.7 Å².